The normalized spacial score (nSPS) is 17.7. The zero-order valence-electron chi connectivity index (χ0n) is 25.9. The van der Waals surface area contributed by atoms with Gasteiger partial charge in [-0.2, -0.15) is 5.01 Å². The van der Waals surface area contributed by atoms with E-state index in [-0.39, 0.29) is 18.2 Å². The Morgan fingerprint density at radius 2 is 1.58 bits per heavy atom. The van der Waals surface area contributed by atoms with Gasteiger partial charge < -0.3 is 14.4 Å². The molecule has 4 aromatic rings. The zero-order chi connectivity index (χ0) is 31.7. The highest BCUT2D eigenvalue weighted by Crippen LogP contribution is 2.37. The van der Waals surface area contributed by atoms with Gasteiger partial charge in [0.15, 0.2) is 0 Å². The van der Waals surface area contributed by atoms with Gasteiger partial charge in [0.25, 0.3) is 5.91 Å². The number of hydrogen-bond acceptors (Lipinski definition) is 7. The fourth-order valence-electron chi connectivity index (χ4n) is 6.23. The second-order valence-electron chi connectivity index (χ2n) is 12.4. The van der Waals surface area contributed by atoms with Crippen LogP contribution in [0.1, 0.15) is 43.1 Å². The van der Waals surface area contributed by atoms with E-state index in [2.05, 4.69) is 10.3 Å². The van der Waals surface area contributed by atoms with Gasteiger partial charge in [0, 0.05) is 48.2 Å². The van der Waals surface area contributed by atoms with E-state index in [1.807, 2.05) is 86.3 Å². The number of ether oxygens (including phenoxy) is 2. The third kappa shape index (κ3) is 6.19. The molecule has 3 heterocycles. The fourth-order valence-corrected chi connectivity index (χ4v) is 6.23. The summed E-state index contributed by atoms with van der Waals surface area (Å²) < 4.78 is 10.7. The number of carbonyl (C=O) groups is 3. The molecule has 2 saturated heterocycles. The Kier molecular flexibility index (Phi) is 8.16. The van der Waals surface area contributed by atoms with Crippen LogP contribution in [0.25, 0.3) is 22.2 Å². The Morgan fingerprint density at radius 3 is 2.22 bits per heavy atom. The number of aromatic nitrogens is 1. The molecule has 1 N–H and O–H groups in total. The van der Waals surface area contributed by atoms with Crippen molar-refractivity contribution in [1.29, 1.82) is 0 Å². The molecule has 0 spiro atoms. The molecule has 0 radical (unpaired) electrons. The van der Waals surface area contributed by atoms with E-state index in [4.69, 9.17) is 14.5 Å². The first-order valence-corrected chi connectivity index (χ1v) is 15.1. The predicted molar refractivity (Wildman–Crippen MR) is 172 cm³/mol. The first kappa shape index (κ1) is 30.1. The van der Waals surface area contributed by atoms with Crippen LogP contribution in [0.15, 0.2) is 84.9 Å². The molecule has 45 heavy (non-hydrogen) atoms. The van der Waals surface area contributed by atoms with Gasteiger partial charge in [-0.25, -0.2) is 14.6 Å². The van der Waals surface area contributed by atoms with Crippen molar-refractivity contribution in [3.05, 3.63) is 96.1 Å². The average Bonchev–Trinajstić information content (AvgIpc) is 3.64. The highest BCUT2D eigenvalue weighted by molar-refractivity contribution is 6.10. The summed E-state index contributed by atoms with van der Waals surface area (Å²) in [6.07, 6.45) is -0.195. The molecule has 0 saturated carbocycles. The number of methoxy groups -OCH3 is 1. The molecule has 2 aliphatic rings. The molecule has 2 atom stereocenters. The summed E-state index contributed by atoms with van der Waals surface area (Å²) in [5.41, 5.74) is 6.10. The van der Waals surface area contributed by atoms with Crippen LogP contribution < -0.4 is 10.4 Å². The Hall–Kier alpha value is -4.96. The van der Waals surface area contributed by atoms with Gasteiger partial charge in [0.05, 0.1) is 29.6 Å². The summed E-state index contributed by atoms with van der Waals surface area (Å²) in [4.78, 5) is 49.4. The van der Waals surface area contributed by atoms with E-state index in [1.54, 1.807) is 24.3 Å². The first-order chi connectivity index (χ1) is 21.6. The SMILES string of the molecule is COC(=O)N(NC(=O)c1c(CN2C[C@H]3C[C@@H]2CN3C(=O)OC(C)(C)C)c(-c2ccccc2)nc2ccccc12)c1ccccc1. The second kappa shape index (κ2) is 12.2. The van der Waals surface area contributed by atoms with Crippen molar-refractivity contribution >= 4 is 34.7 Å². The van der Waals surface area contributed by atoms with Gasteiger partial charge >= 0.3 is 12.2 Å². The summed E-state index contributed by atoms with van der Waals surface area (Å²) in [5, 5.41) is 1.78. The van der Waals surface area contributed by atoms with Gasteiger partial charge in [-0.15, -0.1) is 0 Å². The average molecular weight is 608 g/mol. The smallest absolute Gasteiger partial charge is 0.433 e. The number of piperazine rings is 1. The molecule has 0 aliphatic carbocycles. The number of hydrogen-bond donors (Lipinski definition) is 1. The van der Waals surface area contributed by atoms with Crippen LogP contribution in [-0.4, -0.2) is 70.8 Å². The summed E-state index contributed by atoms with van der Waals surface area (Å²) in [5.74, 6) is -0.463. The Bertz CT molecular complexity index is 1720. The van der Waals surface area contributed by atoms with Crippen molar-refractivity contribution in [3.8, 4) is 11.3 Å². The molecule has 232 valence electrons. The van der Waals surface area contributed by atoms with Crippen LogP contribution in [0.2, 0.25) is 0 Å². The van der Waals surface area contributed by atoms with E-state index in [1.165, 1.54) is 7.11 Å². The summed E-state index contributed by atoms with van der Waals surface area (Å²) in [6, 6.07) is 26.3. The van der Waals surface area contributed by atoms with E-state index < -0.39 is 17.6 Å². The number of para-hydroxylation sites is 2. The van der Waals surface area contributed by atoms with Crippen LogP contribution in [0.3, 0.4) is 0 Å². The van der Waals surface area contributed by atoms with E-state index in [0.29, 0.717) is 47.5 Å². The number of pyridine rings is 1. The number of fused-ring (bicyclic) bond motifs is 3. The van der Waals surface area contributed by atoms with Crippen LogP contribution in [0.5, 0.6) is 0 Å². The van der Waals surface area contributed by atoms with Crippen LogP contribution in [0.4, 0.5) is 15.3 Å². The van der Waals surface area contributed by atoms with Gasteiger partial charge in [-0.3, -0.25) is 15.1 Å². The van der Waals surface area contributed by atoms with Crippen molar-refractivity contribution in [1.82, 2.24) is 20.2 Å². The molecule has 2 aliphatic heterocycles. The zero-order valence-corrected chi connectivity index (χ0v) is 25.9. The molecular weight excluding hydrogens is 570 g/mol. The lowest BCUT2D eigenvalue weighted by molar-refractivity contribution is 0.0124. The maximum Gasteiger partial charge on any atom is 0.433 e. The molecule has 10 nitrogen and oxygen atoms in total. The molecule has 10 heteroatoms. The minimum Gasteiger partial charge on any atom is -0.451 e. The lowest BCUT2D eigenvalue weighted by Crippen LogP contribution is -2.50. The molecule has 6 rings (SSSR count). The van der Waals surface area contributed by atoms with Crippen LogP contribution in [-0.2, 0) is 16.0 Å². The molecule has 2 bridgehead atoms. The highest BCUT2D eigenvalue weighted by Gasteiger charge is 2.47. The minimum absolute atomic E-state index is 0.0172. The fraction of sp³-hybridized carbons (Fsp3) is 0.314. The number of nitrogens with one attached hydrogen (secondary N) is 1. The van der Waals surface area contributed by atoms with Crippen LogP contribution in [0, 0.1) is 0 Å². The third-order valence-electron chi connectivity index (χ3n) is 8.20. The van der Waals surface area contributed by atoms with Crippen molar-refractivity contribution in [2.75, 3.05) is 25.2 Å². The molecule has 3 aromatic carbocycles. The van der Waals surface area contributed by atoms with Gasteiger partial charge in [0.1, 0.15) is 5.60 Å². The largest absolute Gasteiger partial charge is 0.451 e. The van der Waals surface area contributed by atoms with Gasteiger partial charge in [-0.1, -0.05) is 66.7 Å². The Labute approximate surface area is 262 Å². The maximum absolute atomic E-state index is 14.4. The Balaban J connectivity index is 1.40. The number of nitrogens with zero attached hydrogens (tertiary/aromatic N) is 4. The van der Waals surface area contributed by atoms with Crippen molar-refractivity contribution in [2.24, 2.45) is 0 Å². The van der Waals surface area contributed by atoms with Gasteiger partial charge in [0.2, 0.25) is 0 Å². The van der Waals surface area contributed by atoms with Crippen molar-refractivity contribution in [2.45, 2.75) is 51.4 Å². The lowest BCUT2D eigenvalue weighted by atomic mass is 9.95. The summed E-state index contributed by atoms with van der Waals surface area (Å²) >= 11 is 0. The number of likely N-dealkylation sites (tertiary alicyclic amines) is 2. The molecular formula is C35H37N5O5. The number of amides is 3. The van der Waals surface area contributed by atoms with E-state index in [9.17, 15) is 14.4 Å². The summed E-state index contributed by atoms with van der Waals surface area (Å²) in [6.45, 7) is 7.23. The Morgan fingerprint density at radius 1 is 0.911 bits per heavy atom. The number of anilines is 1. The standard InChI is InChI=1S/C35H37N5O5/c1-35(2,3)45-33(42)39-21-25-19-26(39)20-38(25)22-28-30(32(41)37-40(34(43)44-4)24-15-9-6-10-16-24)27-17-11-12-18-29(27)36-31(28)23-13-7-5-8-14-23/h5-18,25-26H,19-22H2,1-4H3,(H,37,41)/t25-,26-/m1/s1. The predicted octanol–water partition coefficient (Wildman–Crippen LogP) is 6.01. The molecule has 1 aromatic heterocycles. The van der Waals surface area contributed by atoms with E-state index >= 15 is 0 Å². The third-order valence-corrected chi connectivity index (χ3v) is 8.20. The first-order valence-electron chi connectivity index (χ1n) is 15.1. The number of hydrazine groups is 1. The summed E-state index contributed by atoms with van der Waals surface area (Å²) in [7, 11) is 1.27. The monoisotopic (exact) mass is 607 g/mol. The molecule has 0 unspecified atom stereocenters. The highest BCUT2D eigenvalue weighted by atomic mass is 16.6. The van der Waals surface area contributed by atoms with Gasteiger partial charge in [-0.05, 0) is 45.4 Å². The maximum atomic E-state index is 14.4. The minimum atomic E-state index is -0.725. The van der Waals surface area contributed by atoms with Crippen molar-refractivity contribution < 1.29 is 23.9 Å². The lowest BCUT2D eigenvalue weighted by Gasteiger charge is -2.35. The topological polar surface area (TPSA) is 104 Å². The number of rotatable bonds is 5. The quantitative estimate of drug-likeness (QED) is 0.277. The number of benzene rings is 3. The number of carbonyl (C=O) groups excluding carboxylic acids is 3. The second-order valence-corrected chi connectivity index (χ2v) is 12.4. The van der Waals surface area contributed by atoms with Crippen LogP contribution >= 0.6 is 0 Å². The molecule has 3 amide bonds. The van der Waals surface area contributed by atoms with Crippen molar-refractivity contribution in [3.63, 3.8) is 0 Å². The molecule has 2 fully saturated rings. The van der Waals surface area contributed by atoms with E-state index in [0.717, 1.165) is 22.6 Å².